The van der Waals surface area contributed by atoms with E-state index < -0.39 is 16.9 Å². The average Bonchev–Trinajstić information content (AvgIpc) is 2.99. The van der Waals surface area contributed by atoms with E-state index in [4.69, 9.17) is 0 Å². The number of nitro benzene ring substituents is 1. The topological polar surface area (TPSA) is 103 Å². The summed E-state index contributed by atoms with van der Waals surface area (Å²) in [6.45, 7) is 4.09. The maximum Gasteiger partial charge on any atom is 0.269 e. The number of carbonyl (C=O) groups excluding carboxylic acids is 1. The van der Waals surface area contributed by atoms with Crippen LogP contribution in [0.2, 0.25) is 0 Å². The third-order valence-electron chi connectivity index (χ3n) is 4.82. The molecule has 2 heterocycles. The van der Waals surface area contributed by atoms with Gasteiger partial charge in [0.15, 0.2) is 0 Å². The van der Waals surface area contributed by atoms with E-state index in [1.165, 1.54) is 18.5 Å². The molecule has 0 saturated heterocycles. The van der Waals surface area contributed by atoms with Gasteiger partial charge in [-0.2, -0.15) is 10.1 Å². The molecule has 0 bridgehead atoms. The van der Waals surface area contributed by atoms with E-state index in [0.717, 1.165) is 5.71 Å². The average molecular weight is 339 g/mol. The maximum atomic E-state index is 12.9. The fourth-order valence-corrected chi connectivity index (χ4v) is 3.84. The number of non-ortho nitro benzene ring substituents is 1. The van der Waals surface area contributed by atoms with Crippen LogP contribution in [0.15, 0.2) is 35.6 Å². The number of hydrogen-bond donors (Lipinski definition) is 0. The number of Topliss-reactive ketones (excluding diaryl/α,β-unsaturated/α-hetero) is 1. The molecule has 4 rings (SSSR count). The monoisotopic (exact) mass is 339 g/mol. The van der Waals surface area contributed by atoms with Crippen LogP contribution in [0.25, 0.3) is 0 Å². The first-order chi connectivity index (χ1) is 11.9. The van der Waals surface area contributed by atoms with Gasteiger partial charge in [-0.25, -0.2) is 9.67 Å². The summed E-state index contributed by atoms with van der Waals surface area (Å²) < 4.78 is 1.60. The second kappa shape index (κ2) is 5.30. The van der Waals surface area contributed by atoms with Crippen molar-refractivity contribution >= 4 is 23.1 Å². The minimum Gasteiger partial charge on any atom is -0.299 e. The van der Waals surface area contributed by atoms with Gasteiger partial charge < -0.3 is 0 Å². The van der Waals surface area contributed by atoms with Crippen LogP contribution < -0.4 is 0 Å². The molecule has 25 heavy (non-hydrogen) atoms. The van der Waals surface area contributed by atoms with E-state index in [-0.39, 0.29) is 16.9 Å². The van der Waals surface area contributed by atoms with Gasteiger partial charge in [0, 0.05) is 24.3 Å². The van der Waals surface area contributed by atoms with E-state index in [9.17, 15) is 14.9 Å². The van der Waals surface area contributed by atoms with Crippen LogP contribution in [0.5, 0.6) is 0 Å². The van der Waals surface area contributed by atoms with Crippen molar-refractivity contribution in [2.24, 2.45) is 16.3 Å². The van der Waals surface area contributed by atoms with Gasteiger partial charge in [-0.3, -0.25) is 14.9 Å². The number of ketones is 1. The van der Waals surface area contributed by atoms with Gasteiger partial charge in [0.2, 0.25) is 5.95 Å². The summed E-state index contributed by atoms with van der Waals surface area (Å²) in [5.41, 5.74) is 1.30. The van der Waals surface area contributed by atoms with Crippen molar-refractivity contribution in [1.29, 1.82) is 0 Å². The molecule has 0 spiro atoms. The molecule has 1 saturated carbocycles. The van der Waals surface area contributed by atoms with Crippen molar-refractivity contribution in [1.82, 2.24) is 14.8 Å². The molecule has 1 aliphatic carbocycles. The number of hydrogen-bond acceptors (Lipinski definition) is 6. The van der Waals surface area contributed by atoms with Gasteiger partial charge in [-0.05, 0) is 17.4 Å². The second-order valence-corrected chi connectivity index (χ2v) is 7.37. The highest BCUT2D eigenvalue weighted by molar-refractivity contribution is 6.09. The molecule has 8 nitrogen and oxygen atoms in total. The van der Waals surface area contributed by atoms with E-state index in [1.54, 1.807) is 16.8 Å². The highest BCUT2D eigenvalue weighted by Crippen LogP contribution is 2.44. The predicted molar refractivity (Wildman–Crippen MR) is 89.9 cm³/mol. The first kappa shape index (κ1) is 15.6. The van der Waals surface area contributed by atoms with Crippen molar-refractivity contribution in [3.63, 3.8) is 0 Å². The highest BCUT2D eigenvalue weighted by Gasteiger charge is 2.46. The molecule has 1 fully saturated rings. The smallest absolute Gasteiger partial charge is 0.269 e. The summed E-state index contributed by atoms with van der Waals surface area (Å²) in [5.74, 6) is 0.0742. The highest BCUT2D eigenvalue weighted by atomic mass is 16.6. The lowest BCUT2D eigenvalue weighted by Gasteiger charge is -2.40. The molecular weight excluding hydrogens is 322 g/mol. The first-order valence-electron chi connectivity index (χ1n) is 8.10. The van der Waals surface area contributed by atoms with E-state index >= 15 is 0 Å². The van der Waals surface area contributed by atoms with Crippen LogP contribution in [0, 0.1) is 21.4 Å². The molecule has 1 aromatic carbocycles. The summed E-state index contributed by atoms with van der Waals surface area (Å²) in [6.07, 6.45) is 2.55. The Morgan fingerprint density at radius 1 is 1.32 bits per heavy atom. The molecule has 0 radical (unpaired) electrons. The normalized spacial score (nSPS) is 24.2. The quantitative estimate of drug-likeness (QED) is 0.618. The summed E-state index contributed by atoms with van der Waals surface area (Å²) in [4.78, 5) is 32.3. The number of nitrogens with zero attached hydrogens (tertiary/aromatic N) is 5. The number of nitro groups is 1. The van der Waals surface area contributed by atoms with Crippen molar-refractivity contribution in [2.45, 2.75) is 32.7 Å². The number of rotatable bonds is 2. The minimum atomic E-state index is -0.454. The maximum absolute atomic E-state index is 12.9. The van der Waals surface area contributed by atoms with Gasteiger partial charge in [-0.1, -0.05) is 26.0 Å². The molecule has 1 unspecified atom stereocenters. The number of aliphatic imine (C=N–C) groups is 1. The Labute approximate surface area is 143 Å². The summed E-state index contributed by atoms with van der Waals surface area (Å²) in [6, 6.07) is 5.92. The zero-order chi connectivity index (χ0) is 17.8. The van der Waals surface area contributed by atoms with Crippen molar-refractivity contribution in [2.75, 3.05) is 0 Å². The number of fused-ring (bicyclic) bond motifs is 2. The Kier molecular flexibility index (Phi) is 3.31. The van der Waals surface area contributed by atoms with Crippen molar-refractivity contribution in [3.8, 4) is 0 Å². The van der Waals surface area contributed by atoms with E-state index in [1.807, 2.05) is 13.8 Å². The molecule has 2 aromatic rings. The molecular formula is C17H17N5O3. The molecule has 2 atom stereocenters. The van der Waals surface area contributed by atoms with E-state index in [0.29, 0.717) is 24.4 Å². The zero-order valence-corrected chi connectivity index (χ0v) is 13.9. The summed E-state index contributed by atoms with van der Waals surface area (Å²) in [7, 11) is 0. The molecule has 0 amide bonds. The summed E-state index contributed by atoms with van der Waals surface area (Å²) in [5, 5.41) is 15.4. The number of carbonyl (C=O) groups is 1. The Bertz CT molecular complexity index is 915. The molecule has 0 N–H and O–H groups in total. The SMILES string of the molecule is CC1(C)CC(=O)C2C(=Nc3ncnn3[C@@H]2c2cccc([N+](=O)[O-])c2)C1. The standard InChI is InChI=1S/C17H17N5O3/c1-17(2)7-12-14(13(23)8-17)15(21-16(20-12)18-9-19-21)10-4-3-5-11(6-10)22(24)25/h3-6,9,14-15H,7-8H2,1-2H3/t14?,15-/m1/s1. The number of benzene rings is 1. The summed E-state index contributed by atoms with van der Waals surface area (Å²) >= 11 is 0. The molecule has 1 aliphatic heterocycles. The minimum absolute atomic E-state index is 0.00758. The van der Waals surface area contributed by atoms with Crippen molar-refractivity contribution < 1.29 is 9.72 Å². The Morgan fingerprint density at radius 3 is 2.88 bits per heavy atom. The molecule has 128 valence electrons. The third kappa shape index (κ3) is 2.54. The van der Waals surface area contributed by atoms with Crippen LogP contribution in [-0.2, 0) is 4.79 Å². The van der Waals surface area contributed by atoms with E-state index in [2.05, 4.69) is 15.1 Å². The molecule has 1 aromatic heterocycles. The largest absolute Gasteiger partial charge is 0.299 e. The van der Waals surface area contributed by atoms with Gasteiger partial charge in [0.25, 0.3) is 5.69 Å². The van der Waals surface area contributed by atoms with Crippen LogP contribution in [0.3, 0.4) is 0 Å². The zero-order valence-electron chi connectivity index (χ0n) is 13.9. The lowest BCUT2D eigenvalue weighted by Crippen LogP contribution is -2.44. The van der Waals surface area contributed by atoms with Crippen LogP contribution >= 0.6 is 0 Å². The molecule has 8 heteroatoms. The third-order valence-corrected chi connectivity index (χ3v) is 4.82. The Hall–Kier alpha value is -2.90. The van der Waals surface area contributed by atoms with Crippen LogP contribution in [0.1, 0.15) is 38.3 Å². The Morgan fingerprint density at radius 2 is 2.12 bits per heavy atom. The van der Waals surface area contributed by atoms with Crippen LogP contribution in [0.4, 0.5) is 11.6 Å². The fourth-order valence-electron chi connectivity index (χ4n) is 3.84. The lowest BCUT2D eigenvalue weighted by atomic mass is 9.67. The van der Waals surface area contributed by atoms with Gasteiger partial charge in [0.1, 0.15) is 12.1 Å². The molecule has 2 aliphatic rings. The lowest BCUT2D eigenvalue weighted by molar-refractivity contribution is -0.384. The predicted octanol–water partition coefficient (Wildman–Crippen LogP) is 2.87. The van der Waals surface area contributed by atoms with Gasteiger partial charge in [0.05, 0.1) is 16.9 Å². The van der Waals surface area contributed by atoms with Crippen LogP contribution in [-0.4, -0.2) is 31.2 Å². The second-order valence-electron chi connectivity index (χ2n) is 7.37. The van der Waals surface area contributed by atoms with Gasteiger partial charge in [-0.15, -0.1) is 0 Å². The Balaban J connectivity index is 1.87. The fraction of sp³-hybridized carbons (Fsp3) is 0.412. The van der Waals surface area contributed by atoms with Crippen molar-refractivity contribution in [3.05, 3.63) is 46.3 Å². The van der Waals surface area contributed by atoms with Gasteiger partial charge >= 0.3 is 0 Å². The first-order valence-corrected chi connectivity index (χ1v) is 8.10. The number of aromatic nitrogens is 3.